The lowest BCUT2D eigenvalue weighted by Gasteiger charge is -2.30. The number of aromatic hydroxyl groups is 1. The second-order valence-corrected chi connectivity index (χ2v) is 8.75. The fraction of sp³-hybridized carbons (Fsp3) is 0.360. The van der Waals surface area contributed by atoms with Crippen LogP contribution in [0.4, 0.5) is 5.69 Å². The highest BCUT2D eigenvalue weighted by Gasteiger charge is 2.47. The molecule has 2 aromatic carbocycles. The first-order chi connectivity index (χ1) is 15.0. The Balaban J connectivity index is 2.28. The number of anilines is 1. The Morgan fingerprint density at radius 3 is 2.38 bits per heavy atom. The quantitative estimate of drug-likeness (QED) is 0.682. The van der Waals surface area contributed by atoms with Gasteiger partial charge in [0.25, 0.3) is 5.91 Å². The molecular weight excluding hydrogens is 410 g/mol. The van der Waals surface area contributed by atoms with E-state index in [0.717, 1.165) is 5.56 Å². The Morgan fingerprint density at radius 1 is 1.09 bits per heavy atom. The maximum Gasteiger partial charge on any atom is 0.294 e. The molecule has 170 valence electrons. The van der Waals surface area contributed by atoms with Crippen molar-refractivity contribution >= 4 is 17.4 Å². The van der Waals surface area contributed by atoms with Crippen molar-refractivity contribution in [1.29, 1.82) is 0 Å². The fourth-order valence-corrected chi connectivity index (χ4v) is 3.76. The van der Waals surface area contributed by atoms with Gasteiger partial charge in [-0.25, -0.2) is 0 Å². The Labute approximate surface area is 187 Å². The van der Waals surface area contributed by atoms with Gasteiger partial charge >= 0.3 is 0 Å². The number of carbonyl (C=O) groups is 2. The number of hydrogen-bond donors (Lipinski definition) is 2. The zero-order valence-corrected chi connectivity index (χ0v) is 19.2. The van der Waals surface area contributed by atoms with E-state index in [1.807, 2.05) is 13.8 Å². The monoisotopic (exact) mass is 439 g/mol. The number of nitrogens with zero attached hydrogens (tertiary/aromatic N) is 1. The Morgan fingerprint density at radius 2 is 1.78 bits per heavy atom. The number of aliphatic hydroxyl groups is 1. The van der Waals surface area contributed by atoms with E-state index in [9.17, 15) is 19.8 Å². The molecule has 7 heteroatoms. The topological polar surface area (TPSA) is 96.3 Å². The number of phenolic OH excluding ortho intramolecular Hbond substituents is 1. The Bertz CT molecular complexity index is 1100. The van der Waals surface area contributed by atoms with Crippen LogP contribution >= 0.6 is 0 Å². The average molecular weight is 440 g/mol. The number of Topliss-reactive ketones (excluding diaryl/α,β-unsaturated/α-hetero) is 1. The summed E-state index contributed by atoms with van der Waals surface area (Å²) in [6, 6.07) is 8.98. The van der Waals surface area contributed by atoms with Crippen LogP contribution in [0.5, 0.6) is 17.2 Å². The summed E-state index contributed by atoms with van der Waals surface area (Å²) in [7, 11) is 1.52. The standard InChI is InChI=1S/C25H29NO6/c1-7-32-19-13-15(9-11-18(19)31-6)21-20(23(29)25(3,4)5)22(28)24(30)26(21)16-12-14(2)8-10-17(16)27/h8-13,21,27-28H,7H2,1-6H3. The van der Waals surface area contributed by atoms with Gasteiger partial charge in [0.05, 0.1) is 31.0 Å². The first kappa shape index (κ1) is 23.2. The van der Waals surface area contributed by atoms with E-state index in [1.165, 1.54) is 18.1 Å². The SMILES string of the molecule is CCOc1cc(C2C(C(=O)C(C)(C)C)=C(O)C(=O)N2c2cc(C)ccc2O)ccc1OC. The molecule has 0 spiro atoms. The highest BCUT2D eigenvalue weighted by Crippen LogP contribution is 2.47. The lowest BCUT2D eigenvalue weighted by Crippen LogP contribution is -2.33. The number of carbonyl (C=O) groups excluding carboxylic acids is 2. The number of benzene rings is 2. The van der Waals surface area contributed by atoms with Crippen molar-refractivity contribution < 1.29 is 29.3 Å². The van der Waals surface area contributed by atoms with E-state index in [4.69, 9.17) is 9.47 Å². The average Bonchev–Trinajstić information content (AvgIpc) is 2.99. The van der Waals surface area contributed by atoms with Crippen LogP contribution in [-0.2, 0) is 9.59 Å². The third kappa shape index (κ3) is 4.02. The van der Waals surface area contributed by atoms with Crippen molar-refractivity contribution in [3.05, 3.63) is 58.9 Å². The van der Waals surface area contributed by atoms with E-state index in [1.54, 1.807) is 51.1 Å². The van der Waals surface area contributed by atoms with Gasteiger partial charge < -0.3 is 19.7 Å². The van der Waals surface area contributed by atoms with E-state index in [-0.39, 0.29) is 22.8 Å². The number of hydrogen-bond acceptors (Lipinski definition) is 6. The van der Waals surface area contributed by atoms with Gasteiger partial charge in [-0.3, -0.25) is 14.5 Å². The van der Waals surface area contributed by atoms with E-state index in [0.29, 0.717) is 23.7 Å². The van der Waals surface area contributed by atoms with E-state index >= 15 is 0 Å². The molecule has 3 rings (SSSR count). The van der Waals surface area contributed by atoms with Crippen molar-refractivity contribution in [3.63, 3.8) is 0 Å². The predicted octanol–water partition coefficient (Wildman–Crippen LogP) is 4.62. The van der Waals surface area contributed by atoms with E-state index < -0.39 is 23.1 Å². The molecule has 1 amide bonds. The van der Waals surface area contributed by atoms with Crippen LogP contribution < -0.4 is 14.4 Å². The Hall–Kier alpha value is -3.48. The Kier molecular flexibility index (Phi) is 6.21. The van der Waals surface area contributed by atoms with Crippen molar-refractivity contribution in [1.82, 2.24) is 0 Å². The van der Waals surface area contributed by atoms with Gasteiger partial charge in [0.15, 0.2) is 23.0 Å². The van der Waals surface area contributed by atoms with Gasteiger partial charge in [0.1, 0.15) is 5.75 Å². The molecule has 0 aromatic heterocycles. The van der Waals surface area contributed by atoms with Crippen LogP contribution in [0, 0.1) is 12.3 Å². The number of aliphatic hydroxyl groups excluding tert-OH is 1. The minimum Gasteiger partial charge on any atom is -0.506 e. The molecule has 1 aliphatic heterocycles. The largest absolute Gasteiger partial charge is 0.506 e. The number of amides is 1. The third-order valence-electron chi connectivity index (χ3n) is 5.33. The summed E-state index contributed by atoms with van der Waals surface area (Å²) in [5, 5.41) is 21.4. The predicted molar refractivity (Wildman–Crippen MR) is 121 cm³/mol. The summed E-state index contributed by atoms with van der Waals surface area (Å²) >= 11 is 0. The number of ether oxygens (including phenoxy) is 2. The number of rotatable bonds is 6. The smallest absolute Gasteiger partial charge is 0.294 e. The van der Waals surface area contributed by atoms with Crippen molar-refractivity contribution in [2.24, 2.45) is 5.41 Å². The molecule has 0 saturated carbocycles. The maximum atomic E-state index is 13.4. The molecule has 0 saturated heterocycles. The van der Waals surface area contributed by atoms with Gasteiger partial charge in [-0.15, -0.1) is 0 Å². The first-order valence-electron chi connectivity index (χ1n) is 10.4. The van der Waals surface area contributed by atoms with Crippen molar-refractivity contribution in [2.75, 3.05) is 18.6 Å². The van der Waals surface area contributed by atoms with E-state index in [2.05, 4.69) is 0 Å². The van der Waals surface area contributed by atoms with Gasteiger partial charge in [-0.2, -0.15) is 0 Å². The molecule has 2 aromatic rings. The molecule has 0 bridgehead atoms. The zero-order valence-electron chi connectivity index (χ0n) is 19.2. The molecule has 2 N–H and O–H groups in total. The molecule has 0 aliphatic carbocycles. The van der Waals surface area contributed by atoms with Gasteiger partial charge in [0.2, 0.25) is 0 Å². The maximum absolute atomic E-state index is 13.4. The third-order valence-corrected chi connectivity index (χ3v) is 5.33. The van der Waals surface area contributed by atoms with Crippen molar-refractivity contribution in [3.8, 4) is 17.2 Å². The lowest BCUT2D eigenvalue weighted by atomic mass is 9.82. The fourth-order valence-electron chi connectivity index (χ4n) is 3.76. The van der Waals surface area contributed by atoms with Crippen LogP contribution in [0.3, 0.4) is 0 Å². The molecule has 1 unspecified atom stereocenters. The van der Waals surface area contributed by atoms with Crippen LogP contribution in [-0.4, -0.2) is 35.6 Å². The molecule has 32 heavy (non-hydrogen) atoms. The van der Waals surface area contributed by atoms with Gasteiger partial charge in [-0.1, -0.05) is 32.9 Å². The van der Waals surface area contributed by atoms with Crippen LogP contribution in [0.15, 0.2) is 47.7 Å². The highest BCUT2D eigenvalue weighted by atomic mass is 16.5. The molecular formula is C25H29NO6. The molecule has 0 radical (unpaired) electrons. The minimum absolute atomic E-state index is 0.0176. The summed E-state index contributed by atoms with van der Waals surface area (Å²) in [5.74, 6) is -0.924. The van der Waals surface area contributed by atoms with Gasteiger partial charge in [0, 0.05) is 5.41 Å². The molecule has 7 nitrogen and oxygen atoms in total. The molecule has 1 aliphatic rings. The molecule has 0 fully saturated rings. The molecule has 1 atom stereocenters. The van der Waals surface area contributed by atoms with Crippen LogP contribution in [0.25, 0.3) is 0 Å². The van der Waals surface area contributed by atoms with Crippen LogP contribution in [0.1, 0.15) is 44.9 Å². The van der Waals surface area contributed by atoms with Crippen molar-refractivity contribution in [2.45, 2.75) is 40.7 Å². The lowest BCUT2D eigenvalue weighted by molar-refractivity contribution is -0.123. The summed E-state index contributed by atoms with van der Waals surface area (Å²) in [4.78, 5) is 27.8. The number of phenols is 1. The second-order valence-electron chi connectivity index (χ2n) is 8.75. The normalized spacial score (nSPS) is 16.5. The number of methoxy groups -OCH3 is 1. The summed E-state index contributed by atoms with van der Waals surface area (Å²) < 4.78 is 11.0. The summed E-state index contributed by atoms with van der Waals surface area (Å²) in [5.41, 5.74) is 0.694. The first-order valence-corrected chi connectivity index (χ1v) is 10.4. The zero-order chi connectivity index (χ0) is 23.8. The van der Waals surface area contributed by atoms with Gasteiger partial charge in [-0.05, 0) is 49.2 Å². The number of ketones is 1. The minimum atomic E-state index is -0.952. The highest BCUT2D eigenvalue weighted by molar-refractivity contribution is 6.18. The summed E-state index contributed by atoms with van der Waals surface area (Å²) in [6.45, 7) is 9.23. The molecule has 1 heterocycles. The summed E-state index contributed by atoms with van der Waals surface area (Å²) in [6.07, 6.45) is 0. The number of aryl methyl sites for hydroxylation is 1. The van der Waals surface area contributed by atoms with Crippen LogP contribution in [0.2, 0.25) is 0 Å². The second kappa shape index (κ2) is 8.57.